The molecule has 14 heavy (non-hydrogen) atoms. The van der Waals surface area contributed by atoms with Crippen LogP contribution in [-0.4, -0.2) is 14.7 Å². The van der Waals surface area contributed by atoms with Crippen molar-refractivity contribution in [3.8, 4) is 0 Å². The molecule has 0 aliphatic carbocycles. The van der Waals surface area contributed by atoms with Crippen molar-refractivity contribution >= 4 is 33.0 Å². The van der Waals surface area contributed by atoms with Gasteiger partial charge in [-0.05, 0) is 19.1 Å². The highest BCUT2D eigenvalue weighted by atomic mass is 79.9. The fourth-order valence-corrected chi connectivity index (χ4v) is 1.99. The van der Waals surface area contributed by atoms with Crippen LogP contribution in [0.1, 0.15) is 15.9 Å². The van der Waals surface area contributed by atoms with E-state index in [1.807, 2.05) is 25.1 Å². The second-order valence-electron chi connectivity index (χ2n) is 3.18. The Labute approximate surface area is 89.3 Å². The Morgan fingerprint density at radius 2 is 2.21 bits per heavy atom. The number of aromatic carboxylic acids is 1. The van der Waals surface area contributed by atoms with Crippen LogP contribution in [0, 0.1) is 6.92 Å². The molecular formula is C10H8BrNO2. The van der Waals surface area contributed by atoms with E-state index in [1.165, 1.54) is 0 Å². The van der Waals surface area contributed by atoms with E-state index >= 15 is 0 Å². The van der Waals surface area contributed by atoms with E-state index < -0.39 is 5.97 Å². The molecule has 0 aliphatic rings. The summed E-state index contributed by atoms with van der Waals surface area (Å²) in [4.78, 5) is 10.9. The first-order chi connectivity index (χ1) is 6.59. The van der Waals surface area contributed by atoms with E-state index in [1.54, 1.807) is 9.79 Å². The third kappa shape index (κ3) is 1.32. The summed E-state index contributed by atoms with van der Waals surface area (Å²) >= 11 is 3.26. The number of aryl methyl sites for hydroxylation is 1. The summed E-state index contributed by atoms with van der Waals surface area (Å²) in [5, 5.41) is 9.71. The zero-order valence-electron chi connectivity index (χ0n) is 7.49. The van der Waals surface area contributed by atoms with E-state index in [2.05, 4.69) is 16.1 Å². The Hall–Kier alpha value is -1.29. The summed E-state index contributed by atoms with van der Waals surface area (Å²) in [6.45, 7) is 1.94. The van der Waals surface area contributed by atoms with Crippen LogP contribution in [0.5, 0.6) is 0 Å². The number of carboxylic acid groups (broad SMARTS) is 1. The zero-order valence-corrected chi connectivity index (χ0v) is 9.08. The first-order valence-corrected chi connectivity index (χ1v) is 4.81. The fraction of sp³-hybridized carbons (Fsp3) is 0.100. The van der Waals surface area contributed by atoms with Crippen molar-refractivity contribution in [2.75, 3.05) is 0 Å². The number of nitrogens with zero attached hydrogens (tertiary/aromatic N) is 1. The molecule has 4 heteroatoms. The van der Waals surface area contributed by atoms with Gasteiger partial charge in [0, 0.05) is 11.6 Å². The monoisotopic (exact) mass is 253 g/mol. The van der Waals surface area contributed by atoms with Crippen molar-refractivity contribution in [3.05, 3.63) is 35.5 Å². The van der Waals surface area contributed by atoms with E-state index in [0.717, 1.165) is 16.5 Å². The molecule has 0 spiro atoms. The van der Waals surface area contributed by atoms with Crippen LogP contribution in [0.25, 0.3) is 10.9 Å². The maximum Gasteiger partial charge on any atom is 0.337 e. The van der Waals surface area contributed by atoms with Gasteiger partial charge in [-0.25, -0.2) is 4.79 Å². The zero-order chi connectivity index (χ0) is 10.3. The third-order valence-electron chi connectivity index (χ3n) is 2.15. The summed E-state index contributed by atoms with van der Waals surface area (Å²) in [6, 6.07) is 5.72. The number of hydrogen-bond donors (Lipinski definition) is 1. The maximum absolute atomic E-state index is 10.9. The van der Waals surface area contributed by atoms with Crippen molar-refractivity contribution in [3.63, 3.8) is 0 Å². The molecule has 72 valence electrons. The molecule has 0 radical (unpaired) electrons. The normalized spacial score (nSPS) is 10.7. The highest BCUT2D eigenvalue weighted by Gasteiger charge is 2.12. The van der Waals surface area contributed by atoms with Gasteiger partial charge in [-0.15, -0.1) is 0 Å². The van der Waals surface area contributed by atoms with Gasteiger partial charge < -0.3 is 5.11 Å². The molecule has 2 rings (SSSR count). The first kappa shape index (κ1) is 9.27. The summed E-state index contributed by atoms with van der Waals surface area (Å²) < 4.78 is 1.64. The van der Waals surface area contributed by atoms with Gasteiger partial charge in [0.25, 0.3) is 0 Å². The molecule has 0 saturated carbocycles. The van der Waals surface area contributed by atoms with Crippen LogP contribution >= 0.6 is 16.1 Å². The summed E-state index contributed by atoms with van der Waals surface area (Å²) in [7, 11) is 0. The van der Waals surface area contributed by atoms with Gasteiger partial charge >= 0.3 is 5.97 Å². The Kier molecular flexibility index (Phi) is 2.07. The molecule has 1 aromatic heterocycles. The van der Waals surface area contributed by atoms with Crippen LogP contribution in [0.4, 0.5) is 0 Å². The lowest BCUT2D eigenvalue weighted by Gasteiger charge is -1.95. The molecule has 1 heterocycles. The quantitative estimate of drug-likeness (QED) is 0.850. The van der Waals surface area contributed by atoms with Gasteiger partial charge in [0.2, 0.25) is 0 Å². The summed E-state index contributed by atoms with van der Waals surface area (Å²) in [5.41, 5.74) is 2.24. The number of aromatic nitrogens is 1. The minimum atomic E-state index is -0.904. The Morgan fingerprint density at radius 1 is 1.50 bits per heavy atom. The Balaban J connectivity index is 2.85. The third-order valence-corrected chi connectivity index (χ3v) is 2.73. The molecule has 0 aliphatic heterocycles. The Morgan fingerprint density at radius 3 is 2.86 bits per heavy atom. The van der Waals surface area contributed by atoms with Crippen LogP contribution in [-0.2, 0) is 0 Å². The number of carbonyl (C=O) groups is 1. The minimum absolute atomic E-state index is 0.320. The number of carboxylic acids is 1. The SMILES string of the molecule is Cc1ccc2c(c1)c(C(=O)O)cn2Br. The van der Waals surface area contributed by atoms with Crippen LogP contribution in [0.15, 0.2) is 24.4 Å². The smallest absolute Gasteiger partial charge is 0.337 e. The van der Waals surface area contributed by atoms with Crippen molar-refractivity contribution < 1.29 is 9.90 Å². The molecule has 3 nitrogen and oxygen atoms in total. The minimum Gasteiger partial charge on any atom is -0.478 e. The standard InChI is InChI=1S/C10H8BrNO2/c1-6-2-3-9-7(4-6)8(10(13)14)5-12(9)11/h2-5H,1H3,(H,13,14). The molecule has 0 amide bonds. The number of halogens is 1. The summed E-state index contributed by atoms with van der Waals surface area (Å²) in [5.74, 6) is -0.904. The van der Waals surface area contributed by atoms with Crippen LogP contribution in [0.3, 0.4) is 0 Å². The average Bonchev–Trinajstić information content (AvgIpc) is 2.43. The topological polar surface area (TPSA) is 42.2 Å². The molecular weight excluding hydrogens is 246 g/mol. The van der Waals surface area contributed by atoms with Crippen molar-refractivity contribution in [1.29, 1.82) is 0 Å². The highest BCUT2D eigenvalue weighted by molar-refractivity contribution is 9.08. The summed E-state index contributed by atoms with van der Waals surface area (Å²) in [6.07, 6.45) is 1.56. The van der Waals surface area contributed by atoms with Gasteiger partial charge in [0.15, 0.2) is 0 Å². The molecule has 0 unspecified atom stereocenters. The average molecular weight is 254 g/mol. The molecule has 2 aromatic rings. The van der Waals surface area contributed by atoms with Gasteiger partial charge in [-0.1, -0.05) is 11.6 Å². The van der Waals surface area contributed by atoms with E-state index in [0.29, 0.717) is 5.56 Å². The maximum atomic E-state index is 10.9. The van der Waals surface area contributed by atoms with Crippen LogP contribution in [0.2, 0.25) is 0 Å². The first-order valence-electron chi connectivity index (χ1n) is 4.11. The molecule has 0 atom stereocenters. The lowest BCUT2D eigenvalue weighted by molar-refractivity contribution is 0.0699. The Bertz CT molecular complexity index is 516. The van der Waals surface area contributed by atoms with E-state index in [9.17, 15) is 4.79 Å². The second-order valence-corrected chi connectivity index (χ2v) is 3.94. The van der Waals surface area contributed by atoms with Crippen molar-refractivity contribution in [1.82, 2.24) is 3.59 Å². The van der Waals surface area contributed by atoms with Crippen molar-refractivity contribution in [2.45, 2.75) is 6.92 Å². The lowest BCUT2D eigenvalue weighted by Crippen LogP contribution is -1.93. The number of benzene rings is 1. The molecule has 1 N–H and O–H groups in total. The van der Waals surface area contributed by atoms with Gasteiger partial charge in [0.1, 0.15) is 0 Å². The molecule has 0 saturated heterocycles. The number of fused-ring (bicyclic) bond motifs is 1. The van der Waals surface area contributed by atoms with Gasteiger partial charge in [-0.3, -0.25) is 3.59 Å². The molecule has 1 aromatic carbocycles. The van der Waals surface area contributed by atoms with E-state index in [-0.39, 0.29) is 0 Å². The largest absolute Gasteiger partial charge is 0.478 e. The second kappa shape index (κ2) is 3.13. The van der Waals surface area contributed by atoms with Gasteiger partial charge in [-0.2, -0.15) is 0 Å². The molecule has 0 bridgehead atoms. The van der Waals surface area contributed by atoms with Crippen LogP contribution < -0.4 is 0 Å². The number of hydrogen-bond acceptors (Lipinski definition) is 1. The predicted molar refractivity (Wildman–Crippen MR) is 58.0 cm³/mol. The molecule has 0 fully saturated rings. The lowest BCUT2D eigenvalue weighted by atomic mass is 10.1. The van der Waals surface area contributed by atoms with E-state index in [4.69, 9.17) is 5.11 Å². The fourth-order valence-electron chi connectivity index (χ4n) is 1.47. The van der Waals surface area contributed by atoms with Gasteiger partial charge in [0.05, 0.1) is 27.2 Å². The van der Waals surface area contributed by atoms with Crippen molar-refractivity contribution in [2.24, 2.45) is 0 Å². The number of rotatable bonds is 1. The predicted octanol–water partition coefficient (Wildman–Crippen LogP) is 2.81. The highest BCUT2D eigenvalue weighted by Crippen LogP contribution is 2.24.